The van der Waals surface area contributed by atoms with Crippen LogP contribution in [0.25, 0.3) is 0 Å². The van der Waals surface area contributed by atoms with Gasteiger partial charge in [0.25, 0.3) is 5.91 Å². The maximum absolute atomic E-state index is 13.7. The Morgan fingerprint density at radius 3 is 2.21 bits per heavy atom. The van der Waals surface area contributed by atoms with E-state index in [0.29, 0.717) is 5.56 Å². The lowest BCUT2D eigenvalue weighted by Crippen LogP contribution is -2.46. The molecule has 0 bridgehead atoms. The molecule has 0 aliphatic carbocycles. The molecule has 0 spiro atoms. The number of rotatable bonds is 4. The molecule has 1 aromatic heterocycles. The van der Waals surface area contributed by atoms with E-state index >= 15 is 0 Å². The highest BCUT2D eigenvalue weighted by Gasteiger charge is 2.19. The minimum absolute atomic E-state index is 0.137. The number of carbonyl (C=O) groups excluding carboxylic acids is 1. The first kappa shape index (κ1) is 18.9. The van der Waals surface area contributed by atoms with E-state index in [1.165, 1.54) is 30.5 Å². The number of hydrogen-bond acceptors (Lipinski definition) is 4. The third kappa shape index (κ3) is 4.34. The summed E-state index contributed by atoms with van der Waals surface area (Å²) in [7, 11) is 0. The van der Waals surface area contributed by atoms with Crippen LogP contribution in [-0.2, 0) is 0 Å². The van der Waals surface area contributed by atoms with Crippen molar-refractivity contribution >= 4 is 23.1 Å². The van der Waals surface area contributed by atoms with Gasteiger partial charge in [-0.3, -0.25) is 4.79 Å². The second-order valence-corrected chi connectivity index (χ2v) is 6.79. The lowest BCUT2D eigenvalue weighted by Gasteiger charge is -2.36. The number of benzene rings is 2. The number of para-hydroxylation sites is 1. The van der Waals surface area contributed by atoms with Crippen LogP contribution in [-0.4, -0.2) is 37.1 Å². The molecule has 7 heteroatoms. The summed E-state index contributed by atoms with van der Waals surface area (Å²) < 4.78 is 26.8. The van der Waals surface area contributed by atoms with Gasteiger partial charge in [-0.05, 0) is 48.5 Å². The van der Waals surface area contributed by atoms with Gasteiger partial charge in [0.15, 0.2) is 0 Å². The van der Waals surface area contributed by atoms with E-state index < -0.39 is 11.7 Å². The summed E-state index contributed by atoms with van der Waals surface area (Å²) in [5, 5.41) is 2.55. The normalized spacial score (nSPS) is 14.0. The van der Waals surface area contributed by atoms with Crippen LogP contribution in [0, 0.1) is 11.6 Å². The molecule has 0 saturated carbocycles. The predicted octanol–water partition coefficient (Wildman–Crippen LogP) is 3.94. The molecule has 1 saturated heterocycles. The first-order chi connectivity index (χ1) is 14.1. The molecule has 1 N–H and O–H groups in total. The maximum Gasteiger partial charge on any atom is 0.257 e. The zero-order chi connectivity index (χ0) is 20.2. The molecule has 5 nitrogen and oxygen atoms in total. The van der Waals surface area contributed by atoms with E-state index in [1.807, 2.05) is 0 Å². The highest BCUT2D eigenvalue weighted by atomic mass is 19.1. The topological polar surface area (TPSA) is 48.5 Å². The van der Waals surface area contributed by atoms with Crippen molar-refractivity contribution in [1.82, 2.24) is 4.98 Å². The molecule has 0 unspecified atom stereocenters. The Kier molecular flexibility index (Phi) is 5.37. The van der Waals surface area contributed by atoms with Crippen LogP contribution in [0.2, 0.25) is 0 Å². The number of pyridine rings is 1. The van der Waals surface area contributed by atoms with Gasteiger partial charge in [-0.1, -0.05) is 12.1 Å². The molecule has 0 radical (unpaired) electrons. The Morgan fingerprint density at radius 1 is 0.862 bits per heavy atom. The first-order valence-electron chi connectivity index (χ1n) is 9.37. The second-order valence-electron chi connectivity index (χ2n) is 6.79. The molecule has 4 rings (SSSR count). The zero-order valence-corrected chi connectivity index (χ0v) is 15.7. The fourth-order valence-corrected chi connectivity index (χ4v) is 3.31. The van der Waals surface area contributed by atoms with E-state index in [1.54, 1.807) is 36.4 Å². The van der Waals surface area contributed by atoms with Gasteiger partial charge in [0, 0.05) is 38.1 Å². The number of piperazine rings is 1. The summed E-state index contributed by atoms with van der Waals surface area (Å²) in [5.74, 6) is -0.346. The molecule has 2 heterocycles. The highest BCUT2D eigenvalue weighted by molar-refractivity contribution is 6.04. The van der Waals surface area contributed by atoms with Crippen molar-refractivity contribution in [1.29, 1.82) is 0 Å². The van der Waals surface area contributed by atoms with E-state index in [2.05, 4.69) is 20.1 Å². The van der Waals surface area contributed by atoms with E-state index in [9.17, 15) is 13.6 Å². The summed E-state index contributed by atoms with van der Waals surface area (Å²) >= 11 is 0. The molecular formula is C22H20F2N4O. The molecule has 1 amide bonds. The monoisotopic (exact) mass is 394 g/mol. The Balaban J connectivity index is 1.36. The number of halogens is 2. The molecule has 148 valence electrons. The molecule has 2 aromatic carbocycles. The summed E-state index contributed by atoms with van der Waals surface area (Å²) in [6, 6.07) is 16.0. The van der Waals surface area contributed by atoms with Crippen molar-refractivity contribution in [2.75, 3.05) is 41.3 Å². The van der Waals surface area contributed by atoms with Gasteiger partial charge in [0.2, 0.25) is 0 Å². The number of aromatic nitrogens is 1. The molecule has 29 heavy (non-hydrogen) atoms. The number of amides is 1. The number of hydrogen-bond donors (Lipinski definition) is 1. The van der Waals surface area contributed by atoms with Gasteiger partial charge < -0.3 is 15.1 Å². The molecule has 3 aromatic rings. The molecule has 1 fully saturated rings. The first-order valence-corrected chi connectivity index (χ1v) is 9.37. The Morgan fingerprint density at radius 2 is 1.55 bits per heavy atom. The van der Waals surface area contributed by atoms with Crippen molar-refractivity contribution in [3.63, 3.8) is 0 Å². The quantitative estimate of drug-likeness (QED) is 0.728. The summed E-state index contributed by atoms with van der Waals surface area (Å²) in [6.07, 6.45) is 1.50. The van der Waals surface area contributed by atoms with Crippen LogP contribution >= 0.6 is 0 Å². The van der Waals surface area contributed by atoms with Gasteiger partial charge >= 0.3 is 0 Å². The number of nitrogens with zero attached hydrogens (tertiary/aromatic N) is 3. The van der Waals surface area contributed by atoms with Gasteiger partial charge in [-0.15, -0.1) is 0 Å². The SMILES string of the molecule is O=C(Nc1ccccc1F)c1ccc(N2CCN(c3ccc(F)cc3)CC2)nc1. The molecular weight excluding hydrogens is 374 g/mol. The number of anilines is 3. The third-order valence-electron chi connectivity index (χ3n) is 4.93. The van der Waals surface area contributed by atoms with Crippen LogP contribution in [0.4, 0.5) is 26.0 Å². The van der Waals surface area contributed by atoms with Crippen molar-refractivity contribution in [2.45, 2.75) is 0 Å². The average Bonchev–Trinajstić information content (AvgIpc) is 2.76. The smallest absolute Gasteiger partial charge is 0.257 e. The standard InChI is InChI=1S/C22H20F2N4O/c23-17-6-8-18(9-7-17)27-11-13-28(14-12-27)21-10-5-16(15-25-21)22(29)26-20-4-2-1-3-19(20)24/h1-10,15H,11-14H2,(H,26,29). The van der Waals surface area contributed by atoms with Crippen molar-refractivity contribution < 1.29 is 13.6 Å². The Labute approximate surface area is 167 Å². The lowest BCUT2D eigenvalue weighted by molar-refractivity contribution is 0.102. The fourth-order valence-electron chi connectivity index (χ4n) is 3.31. The van der Waals surface area contributed by atoms with Gasteiger partial charge in [-0.2, -0.15) is 0 Å². The number of nitrogens with one attached hydrogen (secondary N) is 1. The maximum atomic E-state index is 13.7. The number of carbonyl (C=O) groups is 1. The molecule has 1 aliphatic heterocycles. The summed E-state index contributed by atoms with van der Waals surface area (Å²) in [6.45, 7) is 3.13. The van der Waals surface area contributed by atoms with Crippen LogP contribution in [0.3, 0.4) is 0 Å². The van der Waals surface area contributed by atoms with Crippen LogP contribution in [0.1, 0.15) is 10.4 Å². The van der Waals surface area contributed by atoms with Crippen molar-refractivity contribution in [3.8, 4) is 0 Å². The van der Waals surface area contributed by atoms with Gasteiger partial charge in [-0.25, -0.2) is 13.8 Å². The van der Waals surface area contributed by atoms with Crippen LogP contribution in [0.15, 0.2) is 66.9 Å². The summed E-state index contributed by atoms with van der Waals surface area (Å²) in [4.78, 5) is 21.1. The average molecular weight is 394 g/mol. The minimum atomic E-state index is -0.482. The lowest BCUT2D eigenvalue weighted by atomic mass is 10.2. The Bertz CT molecular complexity index is 984. The van der Waals surface area contributed by atoms with Crippen LogP contribution in [0.5, 0.6) is 0 Å². The van der Waals surface area contributed by atoms with E-state index in [0.717, 1.165) is 37.7 Å². The van der Waals surface area contributed by atoms with E-state index in [-0.39, 0.29) is 11.5 Å². The van der Waals surface area contributed by atoms with E-state index in [4.69, 9.17) is 0 Å². The highest BCUT2D eigenvalue weighted by Crippen LogP contribution is 2.20. The van der Waals surface area contributed by atoms with Gasteiger partial charge in [0.1, 0.15) is 17.5 Å². The fraction of sp³-hybridized carbons (Fsp3) is 0.182. The second kappa shape index (κ2) is 8.26. The predicted molar refractivity (Wildman–Crippen MR) is 109 cm³/mol. The molecule has 0 atom stereocenters. The van der Waals surface area contributed by atoms with Gasteiger partial charge in [0.05, 0.1) is 11.3 Å². The van der Waals surface area contributed by atoms with Crippen molar-refractivity contribution in [3.05, 3.63) is 84.1 Å². The Hall–Kier alpha value is -3.48. The van der Waals surface area contributed by atoms with Crippen LogP contribution < -0.4 is 15.1 Å². The third-order valence-corrected chi connectivity index (χ3v) is 4.93. The zero-order valence-electron chi connectivity index (χ0n) is 15.7. The minimum Gasteiger partial charge on any atom is -0.368 e. The molecule has 1 aliphatic rings. The van der Waals surface area contributed by atoms with Crippen molar-refractivity contribution in [2.24, 2.45) is 0 Å². The largest absolute Gasteiger partial charge is 0.368 e. The summed E-state index contributed by atoms with van der Waals surface area (Å²) in [5.41, 5.74) is 1.50.